The highest BCUT2D eigenvalue weighted by Gasteiger charge is 2.47. The molecule has 2 aromatic carbocycles. The Morgan fingerprint density at radius 2 is 1.60 bits per heavy atom. The third-order valence-corrected chi connectivity index (χ3v) is 10.4. The summed E-state index contributed by atoms with van der Waals surface area (Å²) >= 11 is 0. The molecule has 1 heterocycles. The lowest BCUT2D eigenvalue weighted by Gasteiger charge is -2.51. The lowest BCUT2D eigenvalue weighted by atomic mass is 9.54. The van der Waals surface area contributed by atoms with E-state index in [1.807, 2.05) is 6.07 Å². The number of esters is 1. The van der Waals surface area contributed by atoms with E-state index >= 15 is 0 Å². The Morgan fingerprint density at radius 1 is 0.900 bits per heavy atom. The number of benzene rings is 2. The monoisotopic (exact) mass is 694 g/mol. The van der Waals surface area contributed by atoms with Crippen LogP contribution in [0.15, 0.2) is 48.0 Å². The van der Waals surface area contributed by atoms with E-state index in [4.69, 9.17) is 28.4 Å². The third kappa shape index (κ3) is 7.75. The topological polar surface area (TPSA) is 170 Å². The number of aldehydes is 1. The molecule has 4 N–H and O–H groups in total. The number of carbonyl (C=O) groups is 2. The van der Waals surface area contributed by atoms with Crippen LogP contribution in [0.3, 0.4) is 0 Å². The van der Waals surface area contributed by atoms with Crippen LogP contribution < -0.4 is 9.47 Å². The summed E-state index contributed by atoms with van der Waals surface area (Å²) in [7, 11) is 3.17. The number of ether oxygens (including phenoxy) is 6. The molecule has 5 atom stereocenters. The van der Waals surface area contributed by atoms with Crippen molar-refractivity contribution in [2.24, 2.45) is 23.7 Å². The minimum absolute atomic E-state index is 0.104. The second-order valence-corrected chi connectivity index (χ2v) is 13.6. The summed E-state index contributed by atoms with van der Waals surface area (Å²) < 4.78 is 33.7. The summed E-state index contributed by atoms with van der Waals surface area (Å²) in [4.78, 5) is 24.9. The van der Waals surface area contributed by atoms with Gasteiger partial charge in [0.25, 0.3) is 0 Å². The number of aliphatic hydroxyl groups excluding tert-OH is 4. The molecule has 5 fully saturated rings. The summed E-state index contributed by atoms with van der Waals surface area (Å²) in [5.74, 6) is 3.32. The molecule has 1 aliphatic heterocycles. The summed E-state index contributed by atoms with van der Waals surface area (Å²) in [5, 5.41) is 39.9. The van der Waals surface area contributed by atoms with Crippen LogP contribution in [0.5, 0.6) is 11.5 Å². The number of hydrogen-bond donors (Lipinski definition) is 4. The molecule has 0 aromatic heterocycles. The summed E-state index contributed by atoms with van der Waals surface area (Å²) in [5.41, 5.74) is 3.65. The summed E-state index contributed by atoms with van der Waals surface area (Å²) in [6.07, 6.45) is 2.59. The maximum absolute atomic E-state index is 12.5. The lowest BCUT2D eigenvalue weighted by Crippen LogP contribution is -2.60. The average molecular weight is 695 g/mol. The summed E-state index contributed by atoms with van der Waals surface area (Å²) in [6.45, 7) is -0.0740. The maximum Gasteiger partial charge on any atom is 0.330 e. The Kier molecular flexibility index (Phi) is 11.6. The highest BCUT2D eigenvalue weighted by Crippen LogP contribution is 2.58. The molecular weight excluding hydrogens is 648 g/mol. The standard InChI is InChI=1S/C38H46O12/c1-45-9-10-47-32(41)8-5-24-16-27(18-39)29(37(46-2)33-25-12-22-11-23(14-25)15-26(33)13-22)17-30(24)48-20-21-3-6-28(7-4-21)49-38-36(44)35(43)34(42)31(19-40)50-38/h3-8,16-18,22-23,25-26,31,34-36,38,40,42-44H,9-15,19-20H2,1-2H3/b8-5+,37-33?/t22?,23?,25?,26?,31?,34-,35-,36?,38+/m0/s1. The fraction of sp³-hybridized carbons (Fsp3) is 0.526. The van der Waals surface area contributed by atoms with Gasteiger partial charge < -0.3 is 48.8 Å². The number of carbonyl (C=O) groups excluding carboxylic acids is 2. The van der Waals surface area contributed by atoms with E-state index in [-0.39, 0.29) is 19.8 Å². The molecule has 4 bridgehead atoms. The van der Waals surface area contributed by atoms with Crippen LogP contribution in [0.2, 0.25) is 0 Å². The average Bonchev–Trinajstić information content (AvgIpc) is 3.12. The first kappa shape index (κ1) is 36.0. The number of hydrogen-bond acceptors (Lipinski definition) is 12. The van der Waals surface area contributed by atoms with Crippen molar-refractivity contribution >= 4 is 24.1 Å². The van der Waals surface area contributed by atoms with Gasteiger partial charge in [-0.3, -0.25) is 4.79 Å². The number of methoxy groups -OCH3 is 2. The molecule has 12 nitrogen and oxygen atoms in total. The van der Waals surface area contributed by atoms with E-state index in [0.29, 0.717) is 40.0 Å². The Balaban J connectivity index is 1.25. The second-order valence-electron chi connectivity index (χ2n) is 13.6. The predicted octanol–water partition coefficient (Wildman–Crippen LogP) is 3.27. The molecule has 2 unspecified atom stereocenters. The summed E-state index contributed by atoms with van der Waals surface area (Å²) in [6, 6.07) is 10.3. The van der Waals surface area contributed by atoms with E-state index in [0.717, 1.165) is 55.1 Å². The van der Waals surface area contributed by atoms with Crippen molar-refractivity contribution in [3.05, 3.63) is 70.3 Å². The van der Waals surface area contributed by atoms with E-state index in [1.54, 1.807) is 43.5 Å². The van der Waals surface area contributed by atoms with Gasteiger partial charge in [0.1, 0.15) is 54.9 Å². The van der Waals surface area contributed by atoms with E-state index < -0.39 is 43.3 Å². The zero-order valence-electron chi connectivity index (χ0n) is 28.3. The Morgan fingerprint density at radius 3 is 2.22 bits per heavy atom. The Bertz CT molecular complexity index is 1530. The second kappa shape index (κ2) is 16.1. The van der Waals surface area contributed by atoms with Crippen LogP contribution in [-0.2, 0) is 30.3 Å². The van der Waals surface area contributed by atoms with E-state index in [2.05, 4.69) is 0 Å². The highest BCUT2D eigenvalue weighted by molar-refractivity contribution is 5.91. The van der Waals surface area contributed by atoms with Gasteiger partial charge in [-0.2, -0.15) is 0 Å². The predicted molar refractivity (Wildman–Crippen MR) is 180 cm³/mol. The molecule has 2 aromatic rings. The zero-order valence-corrected chi connectivity index (χ0v) is 28.3. The van der Waals surface area contributed by atoms with Gasteiger partial charge in [0.2, 0.25) is 6.29 Å². The fourth-order valence-corrected chi connectivity index (χ4v) is 8.17. The molecular formula is C38H46O12. The minimum atomic E-state index is -1.55. The van der Waals surface area contributed by atoms with Gasteiger partial charge in [0, 0.05) is 29.9 Å². The molecule has 1 saturated heterocycles. The van der Waals surface area contributed by atoms with Crippen LogP contribution in [0.1, 0.15) is 59.2 Å². The normalized spacial score (nSPS) is 30.0. The van der Waals surface area contributed by atoms with Crippen molar-refractivity contribution in [1.82, 2.24) is 0 Å². The van der Waals surface area contributed by atoms with Crippen LogP contribution in [-0.4, -0.2) is 97.4 Å². The van der Waals surface area contributed by atoms with Crippen LogP contribution in [0.4, 0.5) is 0 Å². The number of allylic oxidation sites excluding steroid dienone is 1. The lowest BCUT2D eigenvalue weighted by molar-refractivity contribution is -0.277. The molecule has 7 rings (SSSR count). The van der Waals surface area contributed by atoms with Crippen LogP contribution >= 0.6 is 0 Å². The van der Waals surface area contributed by atoms with E-state index in [9.17, 15) is 30.0 Å². The van der Waals surface area contributed by atoms with Crippen molar-refractivity contribution in [1.29, 1.82) is 0 Å². The first-order valence-electron chi connectivity index (χ1n) is 17.2. The van der Waals surface area contributed by atoms with Crippen molar-refractivity contribution in [2.75, 3.05) is 34.0 Å². The van der Waals surface area contributed by atoms with Gasteiger partial charge in [-0.25, -0.2) is 4.79 Å². The van der Waals surface area contributed by atoms with Crippen molar-refractivity contribution in [2.45, 2.75) is 69.4 Å². The van der Waals surface area contributed by atoms with Crippen LogP contribution in [0.25, 0.3) is 11.8 Å². The molecule has 0 amide bonds. The zero-order chi connectivity index (χ0) is 35.4. The molecule has 12 heteroatoms. The number of rotatable bonds is 14. The fourth-order valence-electron chi connectivity index (χ4n) is 8.17. The molecule has 5 aliphatic rings. The third-order valence-electron chi connectivity index (χ3n) is 10.4. The molecule has 0 radical (unpaired) electrons. The van der Waals surface area contributed by atoms with Gasteiger partial charge in [-0.1, -0.05) is 12.1 Å². The molecule has 4 saturated carbocycles. The van der Waals surface area contributed by atoms with Crippen LogP contribution in [0, 0.1) is 23.7 Å². The van der Waals surface area contributed by atoms with Crippen molar-refractivity contribution in [3.63, 3.8) is 0 Å². The maximum atomic E-state index is 12.5. The van der Waals surface area contributed by atoms with Gasteiger partial charge in [-0.05, 0) is 97.3 Å². The van der Waals surface area contributed by atoms with Gasteiger partial charge in [0.15, 0.2) is 6.29 Å². The Hall–Kier alpha value is -3.78. The minimum Gasteiger partial charge on any atom is -0.496 e. The first-order valence-corrected chi connectivity index (χ1v) is 17.2. The van der Waals surface area contributed by atoms with Crippen molar-refractivity contribution < 1.29 is 58.4 Å². The molecule has 0 spiro atoms. The molecule has 50 heavy (non-hydrogen) atoms. The SMILES string of the molecule is COCCOC(=O)/C=C/c1cc(C=O)c(C(OC)=C2C3CC4CC(C3)CC2C4)cc1OCc1ccc(O[C@@H]2OC(CO)[C@H](O)[C@H](O)C2O)cc1. The Labute approximate surface area is 291 Å². The van der Waals surface area contributed by atoms with E-state index in [1.165, 1.54) is 25.2 Å². The smallest absolute Gasteiger partial charge is 0.330 e. The van der Waals surface area contributed by atoms with Crippen molar-refractivity contribution in [3.8, 4) is 11.5 Å². The first-order chi connectivity index (χ1) is 24.2. The van der Waals surface area contributed by atoms with Gasteiger partial charge in [-0.15, -0.1) is 0 Å². The van der Waals surface area contributed by atoms with Gasteiger partial charge in [0.05, 0.1) is 20.3 Å². The molecule has 270 valence electrons. The number of aliphatic hydroxyl groups is 4. The highest BCUT2D eigenvalue weighted by atomic mass is 16.7. The quantitative estimate of drug-likeness (QED) is 0.0750. The largest absolute Gasteiger partial charge is 0.496 e. The molecule has 4 aliphatic carbocycles. The van der Waals surface area contributed by atoms with Gasteiger partial charge >= 0.3 is 5.97 Å².